The molecule has 0 radical (unpaired) electrons. The lowest BCUT2D eigenvalue weighted by Gasteiger charge is -2.28. The zero-order chi connectivity index (χ0) is 24.8. The van der Waals surface area contributed by atoms with Crippen molar-refractivity contribution in [3.8, 4) is 22.9 Å². The topological polar surface area (TPSA) is 66.5 Å². The molecule has 36 heavy (non-hydrogen) atoms. The molecule has 2 aromatic heterocycles. The van der Waals surface area contributed by atoms with E-state index in [1.54, 1.807) is 7.11 Å². The first-order valence-corrected chi connectivity index (χ1v) is 12.9. The summed E-state index contributed by atoms with van der Waals surface area (Å²) in [6.07, 6.45) is 5.64. The van der Waals surface area contributed by atoms with Gasteiger partial charge in [-0.05, 0) is 80.8 Å². The van der Waals surface area contributed by atoms with Crippen LogP contribution in [-0.4, -0.2) is 28.3 Å². The fourth-order valence-electron chi connectivity index (χ4n) is 5.32. The van der Waals surface area contributed by atoms with Gasteiger partial charge in [-0.25, -0.2) is 4.98 Å². The van der Waals surface area contributed by atoms with Crippen molar-refractivity contribution in [2.75, 3.05) is 18.6 Å². The number of fused-ring (bicyclic) bond motifs is 2. The SMILES string of the molecule is COc1ccc(-c2c(C)nn3c(N(Cc4ccc(C#N)cc4)CC4CC4)c4c(nc23)CCC4)c(Cl)c1. The van der Waals surface area contributed by atoms with Crippen molar-refractivity contribution in [1.29, 1.82) is 5.26 Å². The predicted molar refractivity (Wildman–Crippen MR) is 142 cm³/mol. The van der Waals surface area contributed by atoms with Gasteiger partial charge in [0.1, 0.15) is 11.6 Å². The molecule has 2 aliphatic carbocycles. The fraction of sp³-hybridized carbons (Fsp3) is 0.345. The molecule has 7 heteroatoms. The monoisotopic (exact) mass is 497 g/mol. The fourth-order valence-corrected chi connectivity index (χ4v) is 5.59. The van der Waals surface area contributed by atoms with Crippen molar-refractivity contribution in [3.63, 3.8) is 0 Å². The summed E-state index contributed by atoms with van der Waals surface area (Å²) < 4.78 is 7.42. The first-order valence-electron chi connectivity index (χ1n) is 12.5. The maximum absolute atomic E-state index is 9.22. The van der Waals surface area contributed by atoms with Gasteiger partial charge in [-0.2, -0.15) is 14.9 Å². The van der Waals surface area contributed by atoms with E-state index in [4.69, 9.17) is 26.4 Å². The number of halogens is 1. The van der Waals surface area contributed by atoms with Gasteiger partial charge < -0.3 is 9.64 Å². The number of aryl methyl sites for hydroxylation is 2. The van der Waals surface area contributed by atoms with Crippen LogP contribution in [0.25, 0.3) is 16.8 Å². The van der Waals surface area contributed by atoms with Gasteiger partial charge in [-0.1, -0.05) is 23.7 Å². The van der Waals surface area contributed by atoms with Crippen LogP contribution >= 0.6 is 11.6 Å². The van der Waals surface area contributed by atoms with Crippen molar-refractivity contribution in [1.82, 2.24) is 14.6 Å². The van der Waals surface area contributed by atoms with E-state index in [9.17, 15) is 5.26 Å². The van der Waals surface area contributed by atoms with Crippen LogP contribution in [0.1, 0.15) is 47.3 Å². The van der Waals surface area contributed by atoms with E-state index in [0.717, 1.165) is 66.4 Å². The summed E-state index contributed by atoms with van der Waals surface area (Å²) in [5.74, 6) is 2.59. The largest absolute Gasteiger partial charge is 0.497 e. The maximum atomic E-state index is 9.22. The smallest absolute Gasteiger partial charge is 0.165 e. The van der Waals surface area contributed by atoms with Gasteiger partial charge in [0.2, 0.25) is 0 Å². The van der Waals surface area contributed by atoms with Gasteiger partial charge in [0.05, 0.1) is 35.0 Å². The molecular weight excluding hydrogens is 470 g/mol. The molecule has 0 amide bonds. The number of hydrogen-bond acceptors (Lipinski definition) is 5. The Labute approximate surface area is 216 Å². The van der Waals surface area contributed by atoms with Gasteiger partial charge in [0.25, 0.3) is 0 Å². The van der Waals surface area contributed by atoms with Gasteiger partial charge in [0, 0.05) is 29.9 Å². The summed E-state index contributed by atoms with van der Waals surface area (Å²) in [7, 11) is 1.64. The Kier molecular flexibility index (Phi) is 5.81. The number of hydrogen-bond donors (Lipinski definition) is 0. The molecule has 4 aromatic rings. The van der Waals surface area contributed by atoms with E-state index in [0.29, 0.717) is 16.5 Å². The van der Waals surface area contributed by atoms with E-state index < -0.39 is 0 Å². The molecule has 1 saturated carbocycles. The summed E-state index contributed by atoms with van der Waals surface area (Å²) in [6, 6.07) is 15.9. The number of anilines is 1. The Bertz CT molecular complexity index is 1500. The van der Waals surface area contributed by atoms with E-state index in [2.05, 4.69) is 27.6 Å². The van der Waals surface area contributed by atoms with Crippen LogP contribution in [-0.2, 0) is 19.4 Å². The molecule has 0 atom stereocenters. The van der Waals surface area contributed by atoms with Crippen molar-refractivity contribution >= 4 is 23.1 Å². The molecular formula is C29H28ClN5O. The van der Waals surface area contributed by atoms with Crippen molar-refractivity contribution in [2.24, 2.45) is 5.92 Å². The van der Waals surface area contributed by atoms with Crippen LogP contribution in [0.5, 0.6) is 5.75 Å². The second-order valence-corrected chi connectivity index (χ2v) is 10.3. The van der Waals surface area contributed by atoms with Gasteiger partial charge in [-0.3, -0.25) is 0 Å². The van der Waals surface area contributed by atoms with Crippen LogP contribution in [0.4, 0.5) is 5.82 Å². The molecule has 0 bridgehead atoms. The number of methoxy groups -OCH3 is 1. The summed E-state index contributed by atoms with van der Waals surface area (Å²) in [5, 5.41) is 14.9. The highest BCUT2D eigenvalue weighted by Crippen LogP contribution is 2.40. The number of ether oxygens (including phenoxy) is 1. The second-order valence-electron chi connectivity index (χ2n) is 9.89. The van der Waals surface area contributed by atoms with Crippen LogP contribution in [0, 0.1) is 24.2 Å². The normalized spacial score (nSPS) is 14.6. The van der Waals surface area contributed by atoms with Crippen LogP contribution in [0.2, 0.25) is 5.02 Å². The molecule has 2 aliphatic rings. The van der Waals surface area contributed by atoms with E-state index in [1.165, 1.54) is 29.7 Å². The van der Waals surface area contributed by atoms with Gasteiger partial charge >= 0.3 is 0 Å². The Morgan fingerprint density at radius 3 is 2.67 bits per heavy atom. The summed E-state index contributed by atoms with van der Waals surface area (Å²) in [6.45, 7) is 3.79. The van der Waals surface area contributed by atoms with Crippen LogP contribution in [0.3, 0.4) is 0 Å². The molecule has 0 N–H and O–H groups in total. The molecule has 0 spiro atoms. The highest BCUT2D eigenvalue weighted by Gasteiger charge is 2.31. The number of rotatable bonds is 7. The van der Waals surface area contributed by atoms with Crippen LogP contribution < -0.4 is 9.64 Å². The number of aromatic nitrogens is 3. The molecule has 6 rings (SSSR count). The molecule has 6 nitrogen and oxygen atoms in total. The lowest BCUT2D eigenvalue weighted by Crippen LogP contribution is -2.29. The van der Waals surface area contributed by atoms with Crippen molar-refractivity contribution in [3.05, 3.63) is 75.6 Å². The minimum atomic E-state index is 0.628. The average Bonchev–Trinajstić information content (AvgIpc) is 3.48. The molecule has 2 aromatic carbocycles. The summed E-state index contributed by atoms with van der Waals surface area (Å²) >= 11 is 6.72. The average molecular weight is 498 g/mol. The zero-order valence-electron chi connectivity index (χ0n) is 20.6. The van der Waals surface area contributed by atoms with E-state index in [1.807, 2.05) is 37.3 Å². The standard InChI is InChI=1S/C29H28ClN5O/c1-18-27(23-13-12-22(36-2)14-25(23)30)28-32-26-5-3-4-24(26)29(35(28)33-18)34(17-21-10-11-21)16-20-8-6-19(15-31)7-9-20/h6-9,12-14,21H,3-5,10-11,16-17H2,1-2H3. The summed E-state index contributed by atoms with van der Waals surface area (Å²) in [5.41, 5.74) is 8.01. The number of benzene rings is 2. The van der Waals surface area contributed by atoms with Gasteiger partial charge in [-0.15, -0.1) is 0 Å². The van der Waals surface area contributed by atoms with Crippen molar-refractivity contribution in [2.45, 2.75) is 45.6 Å². The highest BCUT2D eigenvalue weighted by atomic mass is 35.5. The lowest BCUT2D eigenvalue weighted by molar-refractivity contribution is 0.415. The molecule has 1 fully saturated rings. The third-order valence-electron chi connectivity index (χ3n) is 7.31. The molecule has 0 saturated heterocycles. The van der Waals surface area contributed by atoms with Crippen molar-refractivity contribution < 1.29 is 4.74 Å². The number of nitriles is 1. The predicted octanol–water partition coefficient (Wildman–Crippen LogP) is 6.14. The minimum absolute atomic E-state index is 0.628. The maximum Gasteiger partial charge on any atom is 0.165 e. The number of nitrogens with zero attached hydrogens (tertiary/aromatic N) is 5. The first kappa shape index (κ1) is 22.9. The summed E-state index contributed by atoms with van der Waals surface area (Å²) in [4.78, 5) is 7.64. The Balaban J connectivity index is 1.52. The third-order valence-corrected chi connectivity index (χ3v) is 7.63. The molecule has 2 heterocycles. The molecule has 182 valence electrons. The minimum Gasteiger partial charge on any atom is -0.497 e. The van der Waals surface area contributed by atoms with E-state index >= 15 is 0 Å². The second kappa shape index (κ2) is 9.15. The van der Waals surface area contributed by atoms with E-state index in [-0.39, 0.29) is 0 Å². The third kappa shape index (κ3) is 4.08. The Hall–Kier alpha value is -3.56. The Morgan fingerprint density at radius 2 is 1.97 bits per heavy atom. The lowest BCUT2D eigenvalue weighted by atomic mass is 10.1. The quantitative estimate of drug-likeness (QED) is 0.306. The zero-order valence-corrected chi connectivity index (χ0v) is 21.3. The molecule has 0 unspecified atom stereocenters. The van der Waals surface area contributed by atoms with Gasteiger partial charge in [0.15, 0.2) is 5.65 Å². The highest BCUT2D eigenvalue weighted by molar-refractivity contribution is 6.33. The van der Waals surface area contributed by atoms with Crippen LogP contribution in [0.15, 0.2) is 42.5 Å². The Morgan fingerprint density at radius 1 is 1.17 bits per heavy atom. The molecule has 0 aliphatic heterocycles. The first-order chi connectivity index (χ1) is 17.6.